The highest BCUT2D eigenvalue weighted by molar-refractivity contribution is 6.30. The minimum absolute atomic E-state index is 0.193. The number of aromatic nitrogens is 3. The first kappa shape index (κ1) is 29.1. The van der Waals surface area contributed by atoms with Gasteiger partial charge in [-0.25, -0.2) is 4.98 Å². The number of nitrogens with zero attached hydrogens (tertiary/aromatic N) is 5. The number of carbonyl (C=O) groups is 1. The minimum Gasteiger partial charge on any atom is -0.341 e. The van der Waals surface area contributed by atoms with Gasteiger partial charge in [0.05, 0.1) is 6.04 Å². The molecule has 8 heteroatoms. The molecule has 6 rings (SSSR count). The molecule has 3 heterocycles. The van der Waals surface area contributed by atoms with Gasteiger partial charge in [0, 0.05) is 36.7 Å². The molecule has 4 aliphatic rings. The molecule has 0 spiro atoms. The smallest absolute Gasteiger partial charge is 0.240 e. The van der Waals surface area contributed by atoms with Crippen LogP contribution in [0.5, 0.6) is 0 Å². The summed E-state index contributed by atoms with van der Waals surface area (Å²) in [6, 6.07) is 9.01. The molecule has 2 aromatic rings. The molecular weight excluding hydrogens is 532 g/mol. The molecule has 1 aromatic heterocycles. The number of nitrogens with one attached hydrogen (secondary N) is 1. The number of rotatable bonds is 9. The third kappa shape index (κ3) is 7.17. The van der Waals surface area contributed by atoms with Crippen molar-refractivity contribution in [3.8, 4) is 0 Å². The van der Waals surface area contributed by atoms with Gasteiger partial charge in [0.25, 0.3) is 0 Å². The summed E-state index contributed by atoms with van der Waals surface area (Å²) in [5, 5.41) is 9.11. The average molecular weight is 581 g/mol. The molecule has 2 aliphatic carbocycles. The number of benzene rings is 1. The number of halogens is 1. The Morgan fingerprint density at radius 3 is 2.29 bits per heavy atom. The number of likely N-dealkylation sites (tertiary alicyclic amines) is 2. The molecule has 1 amide bonds. The Balaban J connectivity index is 1.12. The monoisotopic (exact) mass is 580 g/mol. The maximum Gasteiger partial charge on any atom is 0.240 e. The van der Waals surface area contributed by atoms with Gasteiger partial charge in [-0.05, 0) is 113 Å². The lowest BCUT2D eigenvalue weighted by Crippen LogP contribution is -2.56. The lowest BCUT2D eigenvalue weighted by atomic mass is 9.63. The summed E-state index contributed by atoms with van der Waals surface area (Å²) in [6.45, 7) is 5.14. The van der Waals surface area contributed by atoms with Gasteiger partial charge in [0.1, 0.15) is 12.7 Å². The molecular formula is C33H49ClN6O. The summed E-state index contributed by atoms with van der Waals surface area (Å²) in [5.74, 6) is 0.992. The van der Waals surface area contributed by atoms with Crippen LogP contribution in [0.25, 0.3) is 0 Å². The Morgan fingerprint density at radius 1 is 0.927 bits per heavy atom. The van der Waals surface area contributed by atoms with E-state index in [9.17, 15) is 4.79 Å². The third-order valence-corrected chi connectivity index (χ3v) is 11.2. The van der Waals surface area contributed by atoms with Crippen molar-refractivity contribution >= 4 is 17.5 Å². The topological polar surface area (TPSA) is 66.3 Å². The van der Waals surface area contributed by atoms with Gasteiger partial charge < -0.3 is 15.1 Å². The Kier molecular flexibility index (Phi) is 9.63. The van der Waals surface area contributed by atoms with Crippen molar-refractivity contribution < 1.29 is 4.79 Å². The van der Waals surface area contributed by atoms with Gasteiger partial charge in [-0.15, -0.1) is 0 Å². The van der Waals surface area contributed by atoms with E-state index in [1.807, 2.05) is 23.1 Å². The van der Waals surface area contributed by atoms with Gasteiger partial charge in [0.15, 0.2) is 0 Å². The van der Waals surface area contributed by atoms with Crippen LogP contribution in [0.15, 0.2) is 36.9 Å². The first-order chi connectivity index (χ1) is 20.1. The molecule has 0 bridgehead atoms. The van der Waals surface area contributed by atoms with E-state index < -0.39 is 0 Å². The van der Waals surface area contributed by atoms with Crippen molar-refractivity contribution in [1.29, 1.82) is 0 Å². The molecule has 224 valence electrons. The zero-order valence-electron chi connectivity index (χ0n) is 24.7. The summed E-state index contributed by atoms with van der Waals surface area (Å²) in [4.78, 5) is 23.3. The largest absolute Gasteiger partial charge is 0.341 e. The van der Waals surface area contributed by atoms with Crippen LogP contribution in [-0.4, -0.2) is 74.8 Å². The predicted molar refractivity (Wildman–Crippen MR) is 164 cm³/mol. The Hall–Kier alpha value is -1.96. The molecule has 1 atom stereocenters. The van der Waals surface area contributed by atoms with Crippen molar-refractivity contribution in [2.45, 2.75) is 115 Å². The van der Waals surface area contributed by atoms with Crippen LogP contribution in [0.2, 0.25) is 5.02 Å². The van der Waals surface area contributed by atoms with Crippen molar-refractivity contribution in [2.24, 2.45) is 11.3 Å². The molecule has 2 saturated heterocycles. The fourth-order valence-electron chi connectivity index (χ4n) is 8.51. The van der Waals surface area contributed by atoms with Gasteiger partial charge >= 0.3 is 0 Å². The fraction of sp³-hybridized carbons (Fsp3) is 0.727. The van der Waals surface area contributed by atoms with Crippen LogP contribution in [0.1, 0.15) is 89.0 Å². The SMILES string of the molecule is O=C([C@@H](Cc1ccc(Cl)cc1)NC1CCC(N2CCCC2)CC1)N1CCC(Cn2cncn2)(C2CCCCC2)CC1. The average Bonchev–Trinajstić information content (AvgIpc) is 3.74. The Bertz CT molecular complexity index is 1080. The number of piperidine rings is 1. The van der Waals surface area contributed by atoms with E-state index in [4.69, 9.17) is 11.6 Å². The first-order valence-electron chi connectivity index (χ1n) is 16.4. The number of hydrogen-bond acceptors (Lipinski definition) is 5. The van der Waals surface area contributed by atoms with Crippen LogP contribution in [0.4, 0.5) is 0 Å². The van der Waals surface area contributed by atoms with Crippen molar-refractivity contribution in [3.63, 3.8) is 0 Å². The van der Waals surface area contributed by atoms with E-state index in [1.165, 1.54) is 76.4 Å². The Morgan fingerprint density at radius 2 is 1.63 bits per heavy atom. The van der Waals surface area contributed by atoms with Gasteiger partial charge in [-0.2, -0.15) is 5.10 Å². The summed E-state index contributed by atoms with van der Waals surface area (Å²) in [6.07, 6.45) is 20.5. The molecule has 0 radical (unpaired) electrons. The lowest BCUT2D eigenvalue weighted by Gasteiger charge is -2.48. The first-order valence-corrected chi connectivity index (χ1v) is 16.8. The van der Waals surface area contributed by atoms with Crippen molar-refractivity contribution in [1.82, 2.24) is 29.9 Å². The summed E-state index contributed by atoms with van der Waals surface area (Å²) in [7, 11) is 0. The normalized spacial score (nSPS) is 26.7. The molecule has 2 aliphatic heterocycles. The van der Waals surface area contributed by atoms with Crippen molar-refractivity contribution in [3.05, 3.63) is 47.5 Å². The highest BCUT2D eigenvalue weighted by Crippen LogP contribution is 2.47. The Labute approximate surface area is 251 Å². The van der Waals surface area contributed by atoms with Gasteiger partial charge in [-0.3, -0.25) is 9.48 Å². The highest BCUT2D eigenvalue weighted by atomic mass is 35.5. The van der Waals surface area contributed by atoms with E-state index in [0.717, 1.165) is 56.4 Å². The number of hydrogen-bond donors (Lipinski definition) is 1. The number of amides is 1. The maximum absolute atomic E-state index is 14.2. The van der Waals surface area contributed by atoms with E-state index in [2.05, 4.69) is 37.3 Å². The van der Waals surface area contributed by atoms with Crippen LogP contribution < -0.4 is 5.32 Å². The highest BCUT2D eigenvalue weighted by Gasteiger charge is 2.44. The van der Waals surface area contributed by atoms with Crippen LogP contribution in [-0.2, 0) is 17.8 Å². The second-order valence-electron chi connectivity index (χ2n) is 13.4. The van der Waals surface area contributed by atoms with E-state index in [-0.39, 0.29) is 17.4 Å². The van der Waals surface area contributed by atoms with E-state index in [1.54, 1.807) is 6.33 Å². The quantitative estimate of drug-likeness (QED) is 0.410. The standard InChI is InChI=1S/C33H49ClN6O/c34-28-10-8-26(9-11-28)22-31(37-29-12-14-30(15-13-29)38-18-4-5-19-38)32(41)39-20-16-33(17-21-39,23-40-25-35-24-36-40)27-6-2-1-3-7-27/h8-11,24-25,27,29-31,37H,1-7,12-23H2/t29?,30?,31-/m1/s1. The van der Waals surface area contributed by atoms with Crippen LogP contribution in [0.3, 0.4) is 0 Å². The zero-order valence-corrected chi connectivity index (χ0v) is 25.5. The molecule has 1 N–H and O–H groups in total. The molecule has 41 heavy (non-hydrogen) atoms. The molecule has 4 fully saturated rings. The zero-order chi connectivity index (χ0) is 28.1. The third-order valence-electron chi connectivity index (χ3n) is 10.9. The van der Waals surface area contributed by atoms with Crippen molar-refractivity contribution in [2.75, 3.05) is 26.2 Å². The van der Waals surface area contributed by atoms with E-state index in [0.29, 0.717) is 18.4 Å². The number of carbonyl (C=O) groups excluding carboxylic acids is 1. The lowest BCUT2D eigenvalue weighted by molar-refractivity contribution is -0.137. The van der Waals surface area contributed by atoms with Crippen LogP contribution >= 0.6 is 11.6 Å². The molecule has 0 unspecified atom stereocenters. The summed E-state index contributed by atoms with van der Waals surface area (Å²) >= 11 is 6.19. The predicted octanol–water partition coefficient (Wildman–Crippen LogP) is 5.73. The van der Waals surface area contributed by atoms with Gasteiger partial charge in [-0.1, -0.05) is 43.0 Å². The summed E-state index contributed by atoms with van der Waals surface area (Å²) < 4.78 is 2.04. The molecule has 2 saturated carbocycles. The second-order valence-corrected chi connectivity index (χ2v) is 13.9. The molecule has 1 aromatic carbocycles. The summed E-state index contributed by atoms with van der Waals surface area (Å²) in [5.41, 5.74) is 1.38. The fourth-order valence-corrected chi connectivity index (χ4v) is 8.64. The minimum atomic E-state index is -0.193. The maximum atomic E-state index is 14.2. The van der Waals surface area contributed by atoms with Crippen LogP contribution in [0, 0.1) is 11.3 Å². The molecule has 7 nitrogen and oxygen atoms in total. The second kappa shape index (κ2) is 13.6. The van der Waals surface area contributed by atoms with E-state index >= 15 is 0 Å². The van der Waals surface area contributed by atoms with Gasteiger partial charge in [0.2, 0.25) is 5.91 Å².